The Morgan fingerprint density at radius 2 is 2.12 bits per heavy atom. The van der Waals surface area contributed by atoms with Crippen LogP contribution < -0.4 is 10.3 Å². The van der Waals surface area contributed by atoms with Crippen LogP contribution in [0.15, 0.2) is 35.3 Å². The SMILES string of the molecule is CC(c1ccc(OCC2CC2)c(-c2cc(O)c(=O)n(C)c2)c1)S(=O)[O-]. The van der Waals surface area contributed by atoms with Gasteiger partial charge in [0, 0.05) is 29.6 Å². The van der Waals surface area contributed by atoms with E-state index in [1.165, 1.54) is 10.6 Å². The van der Waals surface area contributed by atoms with Crippen molar-refractivity contribution in [1.29, 1.82) is 0 Å². The molecule has 1 heterocycles. The van der Waals surface area contributed by atoms with Crippen LogP contribution in [0.2, 0.25) is 0 Å². The Morgan fingerprint density at radius 1 is 1.40 bits per heavy atom. The monoisotopic (exact) mass is 362 g/mol. The lowest BCUT2D eigenvalue weighted by molar-refractivity contribution is 0.301. The number of nitrogens with zero attached hydrogens (tertiary/aromatic N) is 1. The molecule has 1 aliphatic carbocycles. The molecule has 0 amide bonds. The van der Waals surface area contributed by atoms with Gasteiger partial charge in [0.25, 0.3) is 5.56 Å². The van der Waals surface area contributed by atoms with E-state index >= 15 is 0 Å². The summed E-state index contributed by atoms with van der Waals surface area (Å²) in [6.45, 7) is 2.21. The zero-order valence-corrected chi connectivity index (χ0v) is 14.9. The fourth-order valence-corrected chi connectivity index (χ4v) is 2.97. The molecule has 2 unspecified atom stereocenters. The number of hydrogen-bond donors (Lipinski definition) is 1. The van der Waals surface area contributed by atoms with E-state index in [-0.39, 0.29) is 5.75 Å². The molecule has 7 heteroatoms. The van der Waals surface area contributed by atoms with Gasteiger partial charge in [-0.3, -0.25) is 9.00 Å². The molecule has 0 saturated heterocycles. The first kappa shape index (κ1) is 17.7. The van der Waals surface area contributed by atoms with Crippen LogP contribution in [-0.4, -0.2) is 25.0 Å². The first-order valence-corrected chi connectivity index (χ1v) is 9.25. The van der Waals surface area contributed by atoms with E-state index in [0.29, 0.717) is 35.0 Å². The van der Waals surface area contributed by atoms with E-state index in [9.17, 15) is 18.7 Å². The van der Waals surface area contributed by atoms with E-state index in [2.05, 4.69) is 0 Å². The number of rotatable bonds is 6. The predicted molar refractivity (Wildman–Crippen MR) is 94.3 cm³/mol. The summed E-state index contributed by atoms with van der Waals surface area (Å²) >= 11 is -2.24. The topological polar surface area (TPSA) is 91.6 Å². The average molecular weight is 362 g/mol. The summed E-state index contributed by atoms with van der Waals surface area (Å²) in [5.41, 5.74) is 1.38. The minimum atomic E-state index is -2.24. The maximum Gasteiger partial charge on any atom is 0.292 e. The number of pyridine rings is 1. The van der Waals surface area contributed by atoms with Gasteiger partial charge in [-0.25, -0.2) is 0 Å². The molecule has 1 aromatic heterocycles. The number of aromatic nitrogens is 1. The molecular weight excluding hydrogens is 342 g/mol. The molecule has 1 aliphatic rings. The van der Waals surface area contributed by atoms with Crippen molar-refractivity contribution in [2.24, 2.45) is 13.0 Å². The van der Waals surface area contributed by atoms with Crippen molar-refractivity contribution in [3.8, 4) is 22.6 Å². The van der Waals surface area contributed by atoms with Crippen LogP contribution in [0.1, 0.15) is 30.6 Å². The quantitative estimate of drug-likeness (QED) is 0.797. The van der Waals surface area contributed by atoms with Gasteiger partial charge >= 0.3 is 0 Å². The van der Waals surface area contributed by atoms with E-state index in [4.69, 9.17) is 4.74 Å². The Kier molecular flexibility index (Phi) is 4.96. The van der Waals surface area contributed by atoms with Gasteiger partial charge in [-0.15, -0.1) is 0 Å². The van der Waals surface area contributed by atoms with Crippen LogP contribution in [0, 0.1) is 5.92 Å². The van der Waals surface area contributed by atoms with E-state index in [0.717, 1.165) is 12.8 Å². The second-order valence-electron chi connectivity index (χ2n) is 6.44. The summed E-state index contributed by atoms with van der Waals surface area (Å²) in [4.78, 5) is 11.7. The summed E-state index contributed by atoms with van der Waals surface area (Å²) in [6.07, 6.45) is 3.91. The highest BCUT2D eigenvalue weighted by molar-refractivity contribution is 7.79. The van der Waals surface area contributed by atoms with Gasteiger partial charge in [0.05, 0.1) is 6.61 Å². The van der Waals surface area contributed by atoms with E-state index in [1.807, 2.05) is 0 Å². The summed E-state index contributed by atoms with van der Waals surface area (Å²) in [7, 11) is 1.55. The summed E-state index contributed by atoms with van der Waals surface area (Å²) in [6, 6.07) is 6.60. The summed E-state index contributed by atoms with van der Waals surface area (Å²) in [5.74, 6) is 0.811. The first-order valence-electron chi connectivity index (χ1n) is 8.11. The van der Waals surface area contributed by atoms with Gasteiger partial charge in [-0.2, -0.15) is 0 Å². The third-order valence-electron chi connectivity index (χ3n) is 4.41. The van der Waals surface area contributed by atoms with Gasteiger partial charge in [-0.1, -0.05) is 6.07 Å². The van der Waals surface area contributed by atoms with Crippen molar-refractivity contribution in [2.45, 2.75) is 25.0 Å². The smallest absolute Gasteiger partial charge is 0.292 e. The van der Waals surface area contributed by atoms with E-state index in [1.54, 1.807) is 38.4 Å². The maximum atomic E-state index is 11.7. The molecular formula is C18H20NO5S-. The molecule has 0 aliphatic heterocycles. The van der Waals surface area contributed by atoms with Gasteiger partial charge in [0.15, 0.2) is 5.75 Å². The first-order chi connectivity index (χ1) is 11.9. The second-order valence-corrected chi connectivity index (χ2v) is 7.67. The van der Waals surface area contributed by atoms with Crippen molar-refractivity contribution in [3.05, 3.63) is 46.4 Å². The molecule has 1 N–H and O–H groups in total. The van der Waals surface area contributed by atoms with Crippen LogP contribution in [0.25, 0.3) is 11.1 Å². The Hall–Kier alpha value is -2.12. The van der Waals surface area contributed by atoms with Crippen molar-refractivity contribution >= 4 is 11.1 Å². The Labute approximate surface area is 148 Å². The number of aryl methyl sites for hydroxylation is 1. The van der Waals surface area contributed by atoms with Crippen LogP contribution >= 0.6 is 0 Å². The lowest BCUT2D eigenvalue weighted by Gasteiger charge is -2.19. The summed E-state index contributed by atoms with van der Waals surface area (Å²) < 4.78 is 29.8. The van der Waals surface area contributed by atoms with Crippen molar-refractivity contribution in [3.63, 3.8) is 0 Å². The van der Waals surface area contributed by atoms with Gasteiger partial charge in [0.1, 0.15) is 5.75 Å². The van der Waals surface area contributed by atoms with Crippen molar-refractivity contribution in [1.82, 2.24) is 4.57 Å². The molecule has 1 saturated carbocycles. The van der Waals surface area contributed by atoms with Crippen LogP contribution in [0.5, 0.6) is 11.5 Å². The molecule has 0 bridgehead atoms. The number of ether oxygens (including phenoxy) is 1. The zero-order chi connectivity index (χ0) is 18.1. The number of benzene rings is 1. The lowest BCUT2D eigenvalue weighted by Crippen LogP contribution is -2.15. The zero-order valence-electron chi connectivity index (χ0n) is 14.1. The van der Waals surface area contributed by atoms with Crippen molar-refractivity contribution in [2.75, 3.05) is 6.61 Å². The third kappa shape index (κ3) is 3.93. The van der Waals surface area contributed by atoms with Crippen LogP contribution in [-0.2, 0) is 18.1 Å². The van der Waals surface area contributed by atoms with E-state index < -0.39 is 21.9 Å². The number of hydrogen-bond acceptors (Lipinski definition) is 5. The van der Waals surface area contributed by atoms with Crippen molar-refractivity contribution < 1.29 is 18.6 Å². The van der Waals surface area contributed by atoms with Crippen LogP contribution in [0.4, 0.5) is 0 Å². The van der Waals surface area contributed by atoms with Gasteiger partial charge < -0.3 is 19.0 Å². The number of aromatic hydroxyl groups is 1. The average Bonchev–Trinajstić information content (AvgIpc) is 3.41. The Balaban J connectivity index is 2.07. The van der Waals surface area contributed by atoms with Gasteiger partial charge in [0.2, 0.25) is 0 Å². The molecule has 6 nitrogen and oxygen atoms in total. The third-order valence-corrected chi connectivity index (χ3v) is 5.26. The molecule has 25 heavy (non-hydrogen) atoms. The highest BCUT2D eigenvalue weighted by Crippen LogP contribution is 2.36. The molecule has 3 rings (SSSR count). The van der Waals surface area contributed by atoms with Gasteiger partial charge in [-0.05, 0) is 60.5 Å². The predicted octanol–water partition coefficient (Wildman–Crippen LogP) is 2.49. The fourth-order valence-electron chi connectivity index (χ4n) is 2.60. The highest BCUT2D eigenvalue weighted by Gasteiger charge is 2.23. The van der Waals surface area contributed by atoms with Crippen LogP contribution in [0.3, 0.4) is 0 Å². The molecule has 2 aromatic rings. The molecule has 1 aromatic carbocycles. The molecule has 0 radical (unpaired) electrons. The maximum absolute atomic E-state index is 11.7. The molecule has 134 valence electrons. The molecule has 1 fully saturated rings. The lowest BCUT2D eigenvalue weighted by atomic mass is 10.0. The standard InChI is InChI=1S/C18H21NO5S/c1-11(25(22)23)13-5-6-17(24-10-12-3-4-12)15(7-13)14-8-16(20)18(21)19(2)9-14/h5-9,11-12,20H,3-4,10H2,1-2H3,(H,22,23)/p-1. The Morgan fingerprint density at radius 3 is 2.72 bits per heavy atom. The second kappa shape index (κ2) is 7.01. The molecule has 0 spiro atoms. The minimum Gasteiger partial charge on any atom is -0.772 e. The minimum absolute atomic E-state index is 0.362. The molecule has 2 atom stereocenters. The Bertz CT molecular complexity index is 846. The normalized spacial score (nSPS) is 16.4. The fraction of sp³-hybridized carbons (Fsp3) is 0.389. The highest BCUT2D eigenvalue weighted by atomic mass is 32.2. The largest absolute Gasteiger partial charge is 0.772 e. The summed E-state index contributed by atoms with van der Waals surface area (Å²) in [5, 5.41) is 9.19.